The van der Waals surface area contributed by atoms with E-state index in [0.29, 0.717) is 33.4 Å². The molecule has 3 fully saturated rings. The second kappa shape index (κ2) is 11.9. The van der Waals surface area contributed by atoms with Crippen LogP contribution in [0.5, 0.6) is 17.2 Å². The zero-order chi connectivity index (χ0) is 35.9. The Hall–Kier alpha value is -4.82. The topological polar surface area (TPSA) is 147 Å². The van der Waals surface area contributed by atoms with Gasteiger partial charge in [-0.05, 0) is 42.5 Å². The number of nitrogens with zero attached hydrogens (tertiary/aromatic N) is 2. The van der Waals surface area contributed by atoms with E-state index in [1.807, 2.05) is 0 Å². The predicted octanol–water partition coefficient (Wildman–Crippen LogP) is 5.40. The third kappa shape index (κ3) is 4.90. The summed E-state index contributed by atoms with van der Waals surface area (Å²) in [5, 5.41) is 13.5. The van der Waals surface area contributed by atoms with Gasteiger partial charge in [0.25, 0.3) is 11.8 Å². The molecule has 1 aromatic heterocycles. The lowest BCUT2D eigenvalue weighted by Gasteiger charge is -2.51. The van der Waals surface area contributed by atoms with Gasteiger partial charge in [0, 0.05) is 34.8 Å². The van der Waals surface area contributed by atoms with Gasteiger partial charge in [-0.15, -0.1) is 0 Å². The fourth-order valence-electron chi connectivity index (χ4n) is 8.22. The summed E-state index contributed by atoms with van der Waals surface area (Å²) in [6.45, 7) is 0. The molecule has 0 radical (unpaired) electrons. The molecule has 2 aromatic carbocycles. The normalized spacial score (nSPS) is 27.3. The number of aromatic nitrogens is 1. The molecule has 3 aromatic rings. The quantitative estimate of drug-likeness (QED) is 0.224. The van der Waals surface area contributed by atoms with Crippen molar-refractivity contribution in [2.75, 3.05) is 19.6 Å². The number of nitrogens with one attached hydrogen (secondary N) is 2. The lowest BCUT2D eigenvalue weighted by atomic mass is 9.49. The van der Waals surface area contributed by atoms with Gasteiger partial charge >= 0.3 is 6.18 Å². The molecule has 6 atom stereocenters. The first-order valence-corrected chi connectivity index (χ1v) is 16.1. The van der Waals surface area contributed by atoms with Crippen molar-refractivity contribution in [3.05, 3.63) is 87.0 Å². The van der Waals surface area contributed by atoms with E-state index in [4.69, 9.17) is 32.7 Å². The molecule has 50 heavy (non-hydrogen) atoms. The van der Waals surface area contributed by atoms with Crippen molar-refractivity contribution >= 4 is 52.6 Å². The number of benzene rings is 2. The summed E-state index contributed by atoms with van der Waals surface area (Å²) in [7, 11) is 2.71. The third-order valence-corrected chi connectivity index (χ3v) is 10.8. The second-order valence-electron chi connectivity index (χ2n) is 12.5. The van der Waals surface area contributed by atoms with Crippen molar-refractivity contribution in [1.82, 2.24) is 15.3 Å². The van der Waals surface area contributed by atoms with Crippen LogP contribution in [-0.2, 0) is 30.8 Å². The molecule has 1 saturated carbocycles. The molecule has 16 heteroatoms. The molecule has 4 amide bonds. The predicted molar refractivity (Wildman–Crippen MR) is 171 cm³/mol. The zero-order valence-corrected chi connectivity index (χ0v) is 27.7. The number of hydrogen-bond acceptors (Lipinski definition) is 9. The highest BCUT2D eigenvalue weighted by atomic mass is 35.5. The number of rotatable bonds is 6. The van der Waals surface area contributed by atoms with E-state index in [0.717, 1.165) is 0 Å². The van der Waals surface area contributed by atoms with Crippen LogP contribution in [0.4, 0.5) is 19.0 Å². The fraction of sp³-hybridized carbons (Fsp3) is 0.324. The van der Waals surface area contributed by atoms with Crippen molar-refractivity contribution in [3.8, 4) is 17.2 Å². The average molecular weight is 732 g/mol. The number of hydrazine groups is 1. The zero-order valence-electron chi connectivity index (χ0n) is 26.2. The number of carbonyl (C=O) groups is 4. The van der Waals surface area contributed by atoms with Gasteiger partial charge in [0.05, 0.1) is 48.0 Å². The van der Waals surface area contributed by atoms with E-state index in [1.165, 1.54) is 26.4 Å². The summed E-state index contributed by atoms with van der Waals surface area (Å²) in [6, 6.07) is 9.56. The second-order valence-corrected chi connectivity index (χ2v) is 13.4. The largest absolute Gasteiger partial charge is 0.508 e. The van der Waals surface area contributed by atoms with E-state index in [1.54, 1.807) is 30.3 Å². The number of ether oxygens (including phenoxy) is 2. The first kappa shape index (κ1) is 33.7. The monoisotopic (exact) mass is 730 g/mol. The molecule has 0 spiro atoms. The highest BCUT2D eigenvalue weighted by Gasteiger charge is 2.70. The summed E-state index contributed by atoms with van der Waals surface area (Å²) in [5.74, 6) is -7.57. The summed E-state index contributed by atoms with van der Waals surface area (Å²) in [4.78, 5) is 59.9. The van der Waals surface area contributed by atoms with Crippen LogP contribution >= 0.6 is 23.2 Å². The Kier molecular flexibility index (Phi) is 8.02. The number of phenolic OH excluding ortho intramolecular Hbond substituents is 1. The lowest BCUT2D eigenvalue weighted by molar-refractivity contribution is -0.139. The molecule has 0 bridgehead atoms. The number of carbonyl (C=O) groups excluding carboxylic acids is 4. The van der Waals surface area contributed by atoms with Crippen LogP contribution < -0.4 is 20.2 Å². The highest BCUT2D eigenvalue weighted by Crippen LogP contribution is 2.66. The van der Waals surface area contributed by atoms with Gasteiger partial charge in [-0.2, -0.15) is 18.2 Å². The minimum Gasteiger partial charge on any atom is -0.508 e. The number of fused-ring (bicyclic) bond motifs is 4. The van der Waals surface area contributed by atoms with Crippen molar-refractivity contribution in [1.29, 1.82) is 0 Å². The van der Waals surface area contributed by atoms with Gasteiger partial charge in [0.2, 0.25) is 11.8 Å². The van der Waals surface area contributed by atoms with Crippen molar-refractivity contribution < 1.29 is 46.9 Å². The Morgan fingerprint density at radius 2 is 1.66 bits per heavy atom. The van der Waals surface area contributed by atoms with Crippen LogP contribution in [0.25, 0.3) is 0 Å². The minimum atomic E-state index is -4.76. The maximum absolute atomic E-state index is 15.2. The van der Waals surface area contributed by atoms with E-state index >= 15 is 4.79 Å². The molecule has 11 nitrogen and oxygen atoms in total. The van der Waals surface area contributed by atoms with Gasteiger partial charge in [-0.1, -0.05) is 47.0 Å². The molecule has 2 aliphatic carbocycles. The van der Waals surface area contributed by atoms with Gasteiger partial charge < -0.3 is 14.6 Å². The Bertz CT molecular complexity index is 1980. The Morgan fingerprint density at radius 3 is 2.26 bits per heavy atom. The van der Waals surface area contributed by atoms with Crippen LogP contribution in [0.2, 0.25) is 10.0 Å². The number of methoxy groups -OCH3 is 2. The van der Waals surface area contributed by atoms with Crippen LogP contribution in [0.1, 0.15) is 35.4 Å². The lowest BCUT2D eigenvalue weighted by Crippen LogP contribution is -2.53. The number of anilines is 1. The molecule has 7 rings (SSSR count). The average Bonchev–Trinajstić information content (AvgIpc) is 3.48. The van der Waals surface area contributed by atoms with Crippen LogP contribution in [0, 0.1) is 23.7 Å². The summed E-state index contributed by atoms with van der Waals surface area (Å²) >= 11 is 12.5. The molecule has 3 N–H and O–H groups in total. The molecule has 2 aliphatic heterocycles. The molecular weight excluding hydrogens is 704 g/mol. The number of phenols is 1. The van der Waals surface area contributed by atoms with Crippen LogP contribution in [0.3, 0.4) is 0 Å². The van der Waals surface area contributed by atoms with Crippen molar-refractivity contribution in [3.63, 3.8) is 0 Å². The smallest absolute Gasteiger partial charge is 0.417 e. The molecule has 3 heterocycles. The van der Waals surface area contributed by atoms with Crippen molar-refractivity contribution in [2.24, 2.45) is 23.7 Å². The van der Waals surface area contributed by atoms with Crippen molar-refractivity contribution in [2.45, 2.75) is 30.4 Å². The number of amides is 4. The van der Waals surface area contributed by atoms with Crippen LogP contribution in [0.15, 0.2) is 60.3 Å². The SMILES string of the molecule is COc1cc(O)cc(OC)c1C1C2=CCC3C(=O)NC(=O)C3C2CC2C(=O)N(Nc3ncc(C(F)(F)F)cc3Cl)C(=O)C21c1ccc(Cl)cc1. The maximum Gasteiger partial charge on any atom is 0.417 e. The Labute approximate surface area is 292 Å². The molecule has 2 saturated heterocycles. The number of pyridine rings is 1. The number of alkyl halides is 3. The number of halogens is 5. The van der Waals surface area contributed by atoms with Gasteiger partial charge in [0.15, 0.2) is 5.82 Å². The standard InChI is InChI=1S/C34H27Cl2F3N4O7/c1-49-23-10-17(44)11-24(50-2)26(23)27-18-7-8-19-25(30(46)41-29(19)45)20(18)12-21-31(47)43(32(48)33(21,27)14-3-5-16(35)6-4-14)42-28-22(36)9-15(13-40-28)34(37,38)39/h3-7,9-11,13,19-21,25,27,44H,8,12H2,1-2H3,(H,40,42)(H,41,45,46). The molecule has 4 aliphatic rings. The van der Waals surface area contributed by atoms with E-state index in [2.05, 4.69) is 15.7 Å². The Morgan fingerprint density at radius 1 is 1.00 bits per heavy atom. The fourth-order valence-corrected chi connectivity index (χ4v) is 8.55. The summed E-state index contributed by atoms with van der Waals surface area (Å²) in [6.07, 6.45) is -2.34. The van der Waals surface area contributed by atoms with E-state index in [-0.39, 0.29) is 41.5 Å². The number of imide groups is 2. The number of aromatic hydroxyl groups is 1. The van der Waals surface area contributed by atoms with E-state index in [9.17, 15) is 32.7 Å². The van der Waals surface area contributed by atoms with Gasteiger partial charge in [-0.25, -0.2) is 4.98 Å². The first-order valence-electron chi connectivity index (χ1n) is 15.4. The van der Waals surface area contributed by atoms with Gasteiger partial charge in [-0.3, -0.25) is 29.9 Å². The molecule has 260 valence electrons. The van der Waals surface area contributed by atoms with Gasteiger partial charge in [0.1, 0.15) is 17.2 Å². The molecule has 6 unspecified atom stereocenters. The number of allylic oxidation sites excluding steroid dienone is 2. The molecular formula is C34H27Cl2F3N4O7. The maximum atomic E-state index is 15.2. The third-order valence-electron chi connectivity index (χ3n) is 10.2. The van der Waals surface area contributed by atoms with E-state index < -0.39 is 75.4 Å². The Balaban J connectivity index is 1.49. The first-order chi connectivity index (χ1) is 23.7. The highest BCUT2D eigenvalue weighted by molar-refractivity contribution is 6.33. The summed E-state index contributed by atoms with van der Waals surface area (Å²) < 4.78 is 51.7. The number of hydrogen-bond donors (Lipinski definition) is 3. The minimum absolute atomic E-state index is 0.0630. The summed E-state index contributed by atoms with van der Waals surface area (Å²) in [5.41, 5.74) is 0.805. The van der Waals surface area contributed by atoms with Crippen LogP contribution in [-0.4, -0.2) is 52.9 Å².